The molecule has 8 aromatic carbocycles. The maximum Gasteiger partial charge on any atom is 0.145 e. The Kier molecular flexibility index (Phi) is 5.70. The summed E-state index contributed by atoms with van der Waals surface area (Å²) >= 11 is 0. The first-order valence-corrected chi connectivity index (χ1v) is 18.2. The van der Waals surface area contributed by atoms with Crippen LogP contribution in [0.4, 0.5) is 0 Å². The summed E-state index contributed by atoms with van der Waals surface area (Å²) in [4.78, 5) is 5.09. The van der Waals surface area contributed by atoms with E-state index in [4.69, 9.17) is 9.40 Å². The summed E-state index contributed by atoms with van der Waals surface area (Å²) in [7, 11) is 0. The van der Waals surface area contributed by atoms with Gasteiger partial charge in [0, 0.05) is 33.2 Å². The minimum absolute atomic E-state index is 0.402. The van der Waals surface area contributed by atoms with Crippen LogP contribution in [0.2, 0.25) is 0 Å². The van der Waals surface area contributed by atoms with Crippen LogP contribution >= 0.6 is 0 Å². The molecule has 0 radical (unpaired) electrons. The second-order valence-electron chi connectivity index (χ2n) is 14.2. The Morgan fingerprint density at radius 1 is 0.415 bits per heavy atom. The van der Waals surface area contributed by atoms with E-state index in [9.17, 15) is 0 Å². The molecule has 2 aliphatic rings. The molecule has 12 rings (SSSR count). The lowest BCUT2D eigenvalue weighted by atomic mass is 9.70. The highest BCUT2D eigenvalue weighted by molar-refractivity contribution is 6.15. The van der Waals surface area contributed by atoms with E-state index in [-0.39, 0.29) is 0 Å². The fourth-order valence-corrected chi connectivity index (χ4v) is 9.51. The standard InChI is InChI=1S/C50H30N2O/c1-2-13-33(14-3-1)52-45-24-11-10-23-44(45)51-49(52)32-27-25-31(26-28-32)34-18-12-19-37-38-29-30-43-46(48(38)53-47(34)37)39-17-6-9-22-42(39)50(43)40-20-7-4-15-35(40)36-16-5-8-21-41(36)50/h1-30H. The number of nitrogens with zero attached hydrogens (tertiary/aromatic N) is 2. The molecule has 3 heteroatoms. The largest absolute Gasteiger partial charge is 0.455 e. The van der Waals surface area contributed by atoms with Gasteiger partial charge in [0.2, 0.25) is 0 Å². The predicted octanol–water partition coefficient (Wildman–Crippen LogP) is 12.6. The van der Waals surface area contributed by atoms with E-state index in [1.807, 2.05) is 12.1 Å². The second-order valence-corrected chi connectivity index (χ2v) is 14.2. The molecular formula is C50H30N2O. The van der Waals surface area contributed by atoms with Gasteiger partial charge in [0.1, 0.15) is 17.0 Å². The minimum Gasteiger partial charge on any atom is -0.455 e. The molecular weight excluding hydrogens is 645 g/mol. The first kappa shape index (κ1) is 28.7. The van der Waals surface area contributed by atoms with Gasteiger partial charge in [-0.05, 0) is 68.8 Å². The van der Waals surface area contributed by atoms with E-state index in [1.54, 1.807) is 0 Å². The van der Waals surface area contributed by atoms with Crippen molar-refractivity contribution in [3.8, 4) is 50.5 Å². The number of fused-ring (bicyclic) bond motifs is 15. The number of benzene rings is 8. The lowest BCUT2D eigenvalue weighted by Gasteiger charge is -2.30. The fraction of sp³-hybridized carbons (Fsp3) is 0.0200. The van der Waals surface area contributed by atoms with Gasteiger partial charge < -0.3 is 4.42 Å². The van der Waals surface area contributed by atoms with E-state index in [0.717, 1.165) is 61.2 Å². The molecule has 0 atom stereocenters. The van der Waals surface area contributed by atoms with Crippen molar-refractivity contribution in [2.24, 2.45) is 0 Å². The van der Waals surface area contributed by atoms with Crippen molar-refractivity contribution in [3.63, 3.8) is 0 Å². The first-order chi connectivity index (χ1) is 26.3. The maximum absolute atomic E-state index is 7.13. The Morgan fingerprint density at radius 3 is 1.75 bits per heavy atom. The molecule has 0 aliphatic heterocycles. The first-order valence-electron chi connectivity index (χ1n) is 18.2. The average molecular weight is 675 g/mol. The molecule has 2 aromatic heterocycles. The molecule has 2 aliphatic carbocycles. The third-order valence-electron chi connectivity index (χ3n) is 11.7. The van der Waals surface area contributed by atoms with Crippen LogP contribution in [0.15, 0.2) is 186 Å². The summed E-state index contributed by atoms with van der Waals surface area (Å²) in [6.07, 6.45) is 0. The predicted molar refractivity (Wildman–Crippen MR) is 216 cm³/mol. The van der Waals surface area contributed by atoms with E-state index in [2.05, 4.69) is 174 Å². The third-order valence-corrected chi connectivity index (χ3v) is 11.7. The van der Waals surface area contributed by atoms with Crippen molar-refractivity contribution < 1.29 is 4.42 Å². The SMILES string of the molecule is c1ccc(-n2c(-c3ccc(-c4cccc5c4oc4c6c(ccc45)C4(c5ccccc5-c5ccccc54)c4ccccc4-6)cc3)nc3ccccc32)cc1. The molecule has 53 heavy (non-hydrogen) atoms. The molecule has 0 amide bonds. The highest BCUT2D eigenvalue weighted by Crippen LogP contribution is 2.64. The van der Waals surface area contributed by atoms with Gasteiger partial charge in [0.05, 0.1) is 16.4 Å². The maximum atomic E-state index is 7.13. The van der Waals surface area contributed by atoms with Gasteiger partial charge in [0.25, 0.3) is 0 Å². The zero-order chi connectivity index (χ0) is 34.7. The molecule has 0 bridgehead atoms. The zero-order valence-corrected chi connectivity index (χ0v) is 28.6. The van der Waals surface area contributed by atoms with Crippen LogP contribution in [0.25, 0.3) is 83.4 Å². The second kappa shape index (κ2) is 10.5. The molecule has 246 valence electrons. The van der Waals surface area contributed by atoms with Crippen LogP contribution < -0.4 is 0 Å². The van der Waals surface area contributed by atoms with Crippen LogP contribution in [-0.2, 0) is 5.41 Å². The van der Waals surface area contributed by atoms with Gasteiger partial charge in [-0.1, -0.05) is 158 Å². The summed E-state index contributed by atoms with van der Waals surface area (Å²) in [6, 6.07) is 65.6. The average Bonchev–Trinajstić information content (AvgIpc) is 3.96. The number of aromatic nitrogens is 2. The van der Waals surface area contributed by atoms with E-state index < -0.39 is 5.41 Å². The van der Waals surface area contributed by atoms with E-state index >= 15 is 0 Å². The lowest BCUT2D eigenvalue weighted by Crippen LogP contribution is -2.25. The van der Waals surface area contributed by atoms with Crippen LogP contribution in [0, 0.1) is 0 Å². The number of rotatable bonds is 3. The number of hydrogen-bond donors (Lipinski definition) is 0. The van der Waals surface area contributed by atoms with Crippen LogP contribution in [0.3, 0.4) is 0 Å². The van der Waals surface area contributed by atoms with Gasteiger partial charge in [0.15, 0.2) is 0 Å². The van der Waals surface area contributed by atoms with Crippen LogP contribution in [-0.4, -0.2) is 9.55 Å². The molecule has 0 saturated carbocycles. The Bertz CT molecular complexity index is 3060. The topological polar surface area (TPSA) is 31.0 Å². The van der Waals surface area contributed by atoms with E-state index in [0.29, 0.717) is 0 Å². The lowest BCUT2D eigenvalue weighted by molar-refractivity contribution is 0.670. The molecule has 1 spiro atoms. The summed E-state index contributed by atoms with van der Waals surface area (Å²) in [5, 5.41) is 2.26. The Balaban J connectivity index is 1.05. The van der Waals surface area contributed by atoms with Crippen LogP contribution in [0.1, 0.15) is 22.3 Å². The van der Waals surface area contributed by atoms with Gasteiger partial charge in [-0.25, -0.2) is 4.98 Å². The van der Waals surface area contributed by atoms with Gasteiger partial charge in [-0.15, -0.1) is 0 Å². The van der Waals surface area contributed by atoms with Crippen molar-refractivity contribution in [2.45, 2.75) is 5.41 Å². The number of imidazole rings is 1. The van der Waals surface area contributed by atoms with E-state index in [1.165, 1.54) is 44.5 Å². The summed E-state index contributed by atoms with van der Waals surface area (Å²) in [6.45, 7) is 0. The highest BCUT2D eigenvalue weighted by atomic mass is 16.3. The zero-order valence-electron chi connectivity index (χ0n) is 28.6. The molecule has 3 nitrogen and oxygen atoms in total. The summed E-state index contributed by atoms with van der Waals surface area (Å²) in [5.74, 6) is 0.920. The number of hydrogen-bond acceptors (Lipinski definition) is 2. The number of furan rings is 1. The number of para-hydroxylation sites is 4. The molecule has 0 saturated heterocycles. The van der Waals surface area contributed by atoms with Crippen LogP contribution in [0.5, 0.6) is 0 Å². The van der Waals surface area contributed by atoms with Crippen molar-refractivity contribution >= 4 is 33.0 Å². The highest BCUT2D eigenvalue weighted by Gasteiger charge is 2.52. The molecule has 10 aromatic rings. The quantitative estimate of drug-likeness (QED) is 0.187. The molecule has 0 N–H and O–H groups in total. The van der Waals surface area contributed by atoms with Crippen molar-refractivity contribution in [1.29, 1.82) is 0 Å². The Morgan fingerprint density at radius 2 is 1.00 bits per heavy atom. The normalized spacial score (nSPS) is 13.4. The minimum atomic E-state index is -0.402. The van der Waals surface area contributed by atoms with Crippen molar-refractivity contribution in [3.05, 3.63) is 204 Å². The smallest absolute Gasteiger partial charge is 0.145 e. The Hall–Kier alpha value is -6.97. The summed E-state index contributed by atoms with van der Waals surface area (Å²) < 4.78 is 9.38. The van der Waals surface area contributed by atoms with Gasteiger partial charge in [-0.3, -0.25) is 4.57 Å². The Labute approximate surface area is 306 Å². The fourth-order valence-electron chi connectivity index (χ4n) is 9.51. The van der Waals surface area contributed by atoms with Gasteiger partial charge >= 0.3 is 0 Å². The van der Waals surface area contributed by atoms with Crippen molar-refractivity contribution in [2.75, 3.05) is 0 Å². The summed E-state index contributed by atoms with van der Waals surface area (Å²) in [5.41, 5.74) is 18.2. The molecule has 0 fully saturated rings. The monoisotopic (exact) mass is 674 g/mol. The molecule has 2 heterocycles. The van der Waals surface area contributed by atoms with Gasteiger partial charge in [-0.2, -0.15) is 0 Å². The molecule has 0 unspecified atom stereocenters. The van der Waals surface area contributed by atoms with Crippen molar-refractivity contribution in [1.82, 2.24) is 9.55 Å². The third kappa shape index (κ3) is 3.70.